The molecule has 0 aliphatic heterocycles. The minimum atomic E-state index is -3.94. The Hall–Kier alpha value is -1.01. The van der Waals surface area contributed by atoms with Crippen LogP contribution in [0.3, 0.4) is 0 Å². The van der Waals surface area contributed by atoms with Crippen molar-refractivity contribution in [2.75, 3.05) is 0 Å². The number of fused-ring (bicyclic) bond motifs is 1. The van der Waals surface area contributed by atoms with E-state index in [1.165, 1.54) is 0 Å². The summed E-state index contributed by atoms with van der Waals surface area (Å²) in [6.45, 7) is 0. The Morgan fingerprint density at radius 3 is 2.63 bits per heavy atom. The molecule has 0 saturated heterocycles. The third kappa shape index (κ3) is 2.27. The summed E-state index contributed by atoms with van der Waals surface area (Å²) < 4.78 is 39.5. The van der Waals surface area contributed by atoms with Crippen LogP contribution in [-0.4, -0.2) is 18.9 Å². The highest BCUT2D eigenvalue weighted by molar-refractivity contribution is 7.93. The number of hydrogen-bond donors (Lipinski definition) is 0. The van der Waals surface area contributed by atoms with Gasteiger partial charge in [0.1, 0.15) is 0 Å². The molecule has 1 fully saturated rings. The van der Waals surface area contributed by atoms with E-state index in [0.717, 1.165) is 28.9 Å². The van der Waals surface area contributed by atoms with Gasteiger partial charge in [-0.05, 0) is 25.0 Å². The molecule has 0 N–H and O–H groups in total. The second-order valence-electron chi connectivity index (χ2n) is 4.89. The highest BCUT2D eigenvalue weighted by Crippen LogP contribution is 2.36. The maximum atomic E-state index is 14.3. The number of hydrogen-bond acceptors (Lipinski definition) is 4. The summed E-state index contributed by atoms with van der Waals surface area (Å²) >= 11 is 1.05. The maximum absolute atomic E-state index is 14.3. The zero-order chi connectivity index (χ0) is 13.5. The van der Waals surface area contributed by atoms with Crippen LogP contribution in [-0.2, 0) is 9.84 Å². The van der Waals surface area contributed by atoms with Gasteiger partial charge in [0.25, 0.3) is 0 Å². The molecule has 1 heterocycles. The van der Waals surface area contributed by atoms with E-state index in [9.17, 15) is 12.8 Å². The fourth-order valence-electron chi connectivity index (χ4n) is 2.54. The largest absolute Gasteiger partial charge is 0.237 e. The van der Waals surface area contributed by atoms with Crippen LogP contribution >= 0.6 is 11.3 Å². The molecule has 3 rings (SSSR count). The van der Waals surface area contributed by atoms with Crippen LogP contribution in [0.5, 0.6) is 0 Å². The van der Waals surface area contributed by atoms with E-state index in [1.807, 2.05) is 6.07 Å². The van der Waals surface area contributed by atoms with Crippen LogP contribution in [0.15, 0.2) is 28.6 Å². The van der Waals surface area contributed by atoms with E-state index >= 15 is 0 Å². The Balaban J connectivity index is 1.98. The van der Waals surface area contributed by atoms with E-state index in [0.29, 0.717) is 18.4 Å². The molecule has 0 spiro atoms. The first-order chi connectivity index (χ1) is 9.09. The summed E-state index contributed by atoms with van der Waals surface area (Å²) in [4.78, 5) is 4.07. The van der Waals surface area contributed by atoms with Gasteiger partial charge in [-0.15, -0.1) is 11.3 Å². The SMILES string of the molecule is O=S(=O)(c1nc2ccccc2s1)C(F)C1CCCC1. The van der Waals surface area contributed by atoms with Gasteiger partial charge in [-0.2, -0.15) is 0 Å². The first kappa shape index (κ1) is 13.0. The molecule has 1 aromatic heterocycles. The minimum absolute atomic E-state index is 0.0897. The molecule has 0 amide bonds. The number of benzene rings is 1. The summed E-state index contributed by atoms with van der Waals surface area (Å²) in [5.41, 5.74) is -1.19. The van der Waals surface area contributed by atoms with Crippen molar-refractivity contribution in [3.8, 4) is 0 Å². The zero-order valence-corrected chi connectivity index (χ0v) is 11.9. The minimum Gasteiger partial charge on any atom is -0.229 e. The summed E-state index contributed by atoms with van der Waals surface area (Å²) in [5.74, 6) is -0.364. The third-order valence-electron chi connectivity index (χ3n) is 3.58. The molecule has 1 aromatic carbocycles. The lowest BCUT2D eigenvalue weighted by Crippen LogP contribution is -2.24. The Bertz CT molecular complexity index is 656. The highest BCUT2D eigenvalue weighted by atomic mass is 32.2. The molecule has 0 radical (unpaired) electrons. The van der Waals surface area contributed by atoms with Gasteiger partial charge < -0.3 is 0 Å². The fourth-order valence-corrected chi connectivity index (χ4v) is 5.45. The predicted molar refractivity (Wildman–Crippen MR) is 73.7 cm³/mol. The molecule has 6 heteroatoms. The van der Waals surface area contributed by atoms with Gasteiger partial charge in [0, 0.05) is 5.92 Å². The van der Waals surface area contributed by atoms with Crippen molar-refractivity contribution in [3.05, 3.63) is 24.3 Å². The van der Waals surface area contributed by atoms with Gasteiger partial charge in [-0.25, -0.2) is 17.8 Å². The number of thiazole rings is 1. The highest BCUT2D eigenvalue weighted by Gasteiger charge is 2.38. The van der Waals surface area contributed by atoms with E-state index in [1.54, 1.807) is 18.2 Å². The Morgan fingerprint density at radius 1 is 1.26 bits per heavy atom. The van der Waals surface area contributed by atoms with Gasteiger partial charge in [0.2, 0.25) is 19.7 Å². The molecule has 1 unspecified atom stereocenters. The number of halogens is 1. The molecular weight excluding hydrogens is 285 g/mol. The molecule has 1 aliphatic carbocycles. The molecule has 1 aliphatic rings. The number of nitrogens with zero attached hydrogens (tertiary/aromatic N) is 1. The summed E-state index contributed by atoms with van der Waals surface area (Å²) in [5, 5.41) is 0. The van der Waals surface area contributed by atoms with Gasteiger partial charge in [-0.1, -0.05) is 25.0 Å². The lowest BCUT2D eigenvalue weighted by Gasteiger charge is -2.13. The Morgan fingerprint density at radius 2 is 1.95 bits per heavy atom. The van der Waals surface area contributed by atoms with Crippen molar-refractivity contribution >= 4 is 31.4 Å². The maximum Gasteiger partial charge on any atom is 0.237 e. The quantitative estimate of drug-likeness (QED) is 0.870. The molecule has 1 saturated carbocycles. The summed E-state index contributed by atoms with van der Waals surface area (Å²) in [6, 6.07) is 7.16. The van der Waals surface area contributed by atoms with E-state index in [-0.39, 0.29) is 10.3 Å². The van der Waals surface area contributed by atoms with E-state index in [2.05, 4.69) is 4.98 Å². The van der Waals surface area contributed by atoms with Crippen molar-refractivity contribution in [2.24, 2.45) is 5.92 Å². The van der Waals surface area contributed by atoms with Crippen molar-refractivity contribution in [1.82, 2.24) is 4.98 Å². The predicted octanol–water partition coefficient (Wildman–Crippen LogP) is 3.56. The molecule has 3 nitrogen and oxygen atoms in total. The average molecular weight is 299 g/mol. The third-order valence-corrected chi connectivity index (χ3v) is 6.92. The lowest BCUT2D eigenvalue weighted by atomic mass is 10.1. The molecule has 19 heavy (non-hydrogen) atoms. The standard InChI is InChI=1S/C13H14FNO2S2/c14-12(9-5-1-2-6-9)19(16,17)13-15-10-7-3-4-8-11(10)18-13/h3-4,7-9,12H,1-2,5-6H2. The molecule has 102 valence electrons. The van der Waals surface area contributed by atoms with Crippen LogP contribution in [0.4, 0.5) is 4.39 Å². The van der Waals surface area contributed by atoms with Gasteiger partial charge in [0.05, 0.1) is 10.2 Å². The van der Waals surface area contributed by atoms with Crippen LogP contribution in [0.2, 0.25) is 0 Å². The van der Waals surface area contributed by atoms with Gasteiger partial charge >= 0.3 is 0 Å². The number of para-hydroxylation sites is 1. The number of rotatable bonds is 3. The van der Waals surface area contributed by atoms with Crippen LogP contribution in [0.1, 0.15) is 25.7 Å². The molecule has 2 aromatic rings. The van der Waals surface area contributed by atoms with Crippen LogP contribution in [0.25, 0.3) is 10.2 Å². The van der Waals surface area contributed by atoms with Crippen LogP contribution in [0, 0.1) is 5.92 Å². The first-order valence-electron chi connectivity index (χ1n) is 6.32. The molecular formula is C13H14FNO2S2. The van der Waals surface area contributed by atoms with Gasteiger partial charge in [-0.3, -0.25) is 0 Å². The number of aromatic nitrogens is 1. The Labute approximate surface area is 115 Å². The first-order valence-corrected chi connectivity index (χ1v) is 8.69. The molecule has 0 bridgehead atoms. The van der Waals surface area contributed by atoms with Crippen molar-refractivity contribution in [2.45, 2.75) is 35.5 Å². The Kier molecular flexibility index (Phi) is 3.30. The number of sulfone groups is 1. The lowest BCUT2D eigenvalue weighted by molar-refractivity contribution is 0.310. The van der Waals surface area contributed by atoms with E-state index in [4.69, 9.17) is 0 Å². The van der Waals surface area contributed by atoms with Crippen molar-refractivity contribution in [3.63, 3.8) is 0 Å². The van der Waals surface area contributed by atoms with Gasteiger partial charge in [0.15, 0.2) is 0 Å². The zero-order valence-electron chi connectivity index (χ0n) is 10.3. The van der Waals surface area contributed by atoms with Crippen molar-refractivity contribution in [1.29, 1.82) is 0 Å². The average Bonchev–Trinajstić information content (AvgIpc) is 3.06. The van der Waals surface area contributed by atoms with Crippen molar-refractivity contribution < 1.29 is 12.8 Å². The molecule has 1 atom stereocenters. The van der Waals surface area contributed by atoms with E-state index < -0.39 is 15.3 Å². The second kappa shape index (κ2) is 4.83. The number of alkyl halides is 1. The fraction of sp³-hybridized carbons (Fsp3) is 0.462. The monoisotopic (exact) mass is 299 g/mol. The summed E-state index contributed by atoms with van der Waals surface area (Å²) in [6.07, 6.45) is 3.15. The van der Waals surface area contributed by atoms with Crippen LogP contribution < -0.4 is 0 Å². The summed E-state index contributed by atoms with van der Waals surface area (Å²) in [7, 11) is -3.94. The second-order valence-corrected chi connectivity index (χ2v) is 8.10. The topological polar surface area (TPSA) is 47.0 Å². The normalized spacial score (nSPS) is 19.0. The smallest absolute Gasteiger partial charge is 0.229 e.